The molecule has 1 saturated carbocycles. The summed E-state index contributed by atoms with van der Waals surface area (Å²) in [7, 11) is 0. The average molecular weight is 386 g/mol. The molecule has 0 unspecified atom stereocenters. The third kappa shape index (κ3) is 4.13. The Morgan fingerprint density at radius 2 is 1.93 bits per heavy atom. The Hall–Kier alpha value is -2.18. The molecule has 2 amide bonds. The number of amides is 2. The van der Waals surface area contributed by atoms with E-state index in [4.69, 9.17) is 0 Å². The van der Waals surface area contributed by atoms with E-state index in [0.29, 0.717) is 36.3 Å². The summed E-state index contributed by atoms with van der Waals surface area (Å²) in [6.45, 7) is 8.21. The first-order valence-electron chi connectivity index (χ1n) is 10.7. The molecule has 0 aromatic carbocycles. The lowest BCUT2D eigenvalue weighted by Gasteiger charge is -2.35. The van der Waals surface area contributed by atoms with Gasteiger partial charge in [0.15, 0.2) is 0 Å². The quantitative estimate of drug-likeness (QED) is 0.777. The van der Waals surface area contributed by atoms with Crippen LogP contribution in [-0.4, -0.2) is 70.3 Å². The van der Waals surface area contributed by atoms with Crippen LogP contribution < -0.4 is 4.90 Å². The number of nitrogens with zero attached hydrogens (tertiary/aromatic N) is 5. The van der Waals surface area contributed by atoms with Gasteiger partial charge in [0.2, 0.25) is 5.91 Å². The molecule has 3 heterocycles. The molecule has 4 rings (SSSR count). The second-order valence-electron chi connectivity index (χ2n) is 8.76. The van der Waals surface area contributed by atoms with Crippen LogP contribution in [0.2, 0.25) is 0 Å². The van der Waals surface area contributed by atoms with E-state index in [9.17, 15) is 9.59 Å². The van der Waals surface area contributed by atoms with Crippen molar-refractivity contribution in [1.82, 2.24) is 19.8 Å². The van der Waals surface area contributed by atoms with Gasteiger partial charge in [-0.15, -0.1) is 0 Å². The lowest BCUT2D eigenvalue weighted by atomic mass is 10.0. The third-order valence-corrected chi connectivity index (χ3v) is 6.20. The summed E-state index contributed by atoms with van der Waals surface area (Å²) in [6.07, 6.45) is 8.36. The van der Waals surface area contributed by atoms with Crippen molar-refractivity contribution < 1.29 is 9.59 Å². The third-order valence-electron chi connectivity index (χ3n) is 6.20. The first-order valence-corrected chi connectivity index (χ1v) is 10.7. The predicted octanol–water partition coefficient (Wildman–Crippen LogP) is 2.19. The summed E-state index contributed by atoms with van der Waals surface area (Å²) in [5.74, 6) is 1.96. The van der Waals surface area contributed by atoms with E-state index in [1.165, 1.54) is 12.8 Å². The van der Waals surface area contributed by atoms with Gasteiger partial charge < -0.3 is 14.7 Å². The van der Waals surface area contributed by atoms with Crippen molar-refractivity contribution >= 4 is 17.6 Å². The summed E-state index contributed by atoms with van der Waals surface area (Å²) in [5, 5.41) is 0. The van der Waals surface area contributed by atoms with Gasteiger partial charge in [-0.25, -0.2) is 4.98 Å². The number of hydrogen-bond donors (Lipinski definition) is 0. The molecule has 0 radical (unpaired) electrons. The van der Waals surface area contributed by atoms with Gasteiger partial charge >= 0.3 is 0 Å². The molecule has 0 spiro atoms. The molecule has 7 heteroatoms. The first kappa shape index (κ1) is 19.2. The number of carbonyl (C=O) groups is 2. The monoisotopic (exact) mass is 385 g/mol. The van der Waals surface area contributed by atoms with Crippen molar-refractivity contribution in [2.24, 2.45) is 11.8 Å². The van der Waals surface area contributed by atoms with Crippen LogP contribution in [-0.2, 0) is 4.79 Å². The zero-order valence-electron chi connectivity index (χ0n) is 17.0. The molecular weight excluding hydrogens is 354 g/mol. The number of carbonyl (C=O) groups excluding carboxylic acids is 2. The fraction of sp³-hybridized carbons (Fsp3) is 0.714. The van der Waals surface area contributed by atoms with E-state index < -0.39 is 0 Å². The van der Waals surface area contributed by atoms with Crippen LogP contribution in [0.25, 0.3) is 0 Å². The Labute approximate surface area is 167 Å². The molecule has 0 bridgehead atoms. The van der Waals surface area contributed by atoms with Crippen LogP contribution >= 0.6 is 0 Å². The van der Waals surface area contributed by atoms with Gasteiger partial charge in [-0.05, 0) is 37.5 Å². The average Bonchev–Trinajstić information content (AvgIpc) is 3.38. The second-order valence-corrected chi connectivity index (χ2v) is 8.76. The Balaban J connectivity index is 1.53. The topological polar surface area (TPSA) is 69.6 Å². The maximum absolute atomic E-state index is 12.8. The van der Waals surface area contributed by atoms with Gasteiger partial charge in [-0.2, -0.15) is 0 Å². The predicted molar refractivity (Wildman–Crippen MR) is 107 cm³/mol. The fourth-order valence-corrected chi connectivity index (χ4v) is 4.26. The van der Waals surface area contributed by atoms with Gasteiger partial charge in [0, 0.05) is 39.1 Å². The molecule has 28 heavy (non-hydrogen) atoms. The highest BCUT2D eigenvalue weighted by Crippen LogP contribution is 2.32. The maximum Gasteiger partial charge on any atom is 0.274 e. The van der Waals surface area contributed by atoms with Gasteiger partial charge in [0.1, 0.15) is 11.5 Å². The van der Waals surface area contributed by atoms with Crippen LogP contribution in [0.5, 0.6) is 0 Å². The number of rotatable bonds is 5. The van der Waals surface area contributed by atoms with E-state index in [-0.39, 0.29) is 17.9 Å². The van der Waals surface area contributed by atoms with Crippen molar-refractivity contribution in [1.29, 1.82) is 0 Å². The minimum Gasteiger partial charge on any atom is -0.353 e. The van der Waals surface area contributed by atoms with Crippen molar-refractivity contribution in [2.75, 3.05) is 37.6 Å². The molecule has 7 nitrogen and oxygen atoms in total. The van der Waals surface area contributed by atoms with E-state index in [2.05, 4.69) is 33.6 Å². The summed E-state index contributed by atoms with van der Waals surface area (Å²) >= 11 is 0. The molecule has 1 aliphatic carbocycles. The van der Waals surface area contributed by atoms with Crippen LogP contribution in [0.15, 0.2) is 12.4 Å². The Kier molecular flexibility index (Phi) is 5.51. The molecule has 2 saturated heterocycles. The van der Waals surface area contributed by atoms with Crippen LogP contribution in [0.4, 0.5) is 5.82 Å². The van der Waals surface area contributed by atoms with Gasteiger partial charge in [0.05, 0.1) is 18.4 Å². The lowest BCUT2D eigenvalue weighted by Crippen LogP contribution is -2.47. The first-order chi connectivity index (χ1) is 13.5. The normalized spacial score (nSPS) is 23.5. The van der Waals surface area contributed by atoms with E-state index in [0.717, 1.165) is 39.0 Å². The molecule has 2 aliphatic heterocycles. The number of anilines is 1. The summed E-state index contributed by atoms with van der Waals surface area (Å²) in [5.41, 5.74) is 0.408. The molecule has 1 aromatic heterocycles. The smallest absolute Gasteiger partial charge is 0.274 e. The molecular formula is C21H31N5O2. The second kappa shape index (κ2) is 8.05. The van der Waals surface area contributed by atoms with Crippen molar-refractivity contribution in [3.63, 3.8) is 0 Å². The maximum atomic E-state index is 12.8. The largest absolute Gasteiger partial charge is 0.353 e. The highest BCUT2D eigenvalue weighted by atomic mass is 16.2. The number of aromatic nitrogens is 2. The van der Waals surface area contributed by atoms with Crippen molar-refractivity contribution in [2.45, 2.75) is 52.0 Å². The number of likely N-dealkylation sites (tertiary alicyclic amines) is 1. The zero-order valence-corrected chi connectivity index (χ0v) is 17.0. The van der Waals surface area contributed by atoms with Crippen molar-refractivity contribution in [3.05, 3.63) is 18.1 Å². The molecule has 1 aromatic rings. The molecule has 3 aliphatic rings. The summed E-state index contributed by atoms with van der Waals surface area (Å²) in [6, 6.07) is 0.162. The number of hydrogen-bond acceptors (Lipinski definition) is 5. The van der Waals surface area contributed by atoms with Gasteiger partial charge in [-0.1, -0.05) is 13.8 Å². The Morgan fingerprint density at radius 3 is 2.61 bits per heavy atom. The molecule has 0 N–H and O–H groups in total. The zero-order chi connectivity index (χ0) is 19.7. The van der Waals surface area contributed by atoms with Gasteiger partial charge in [0.25, 0.3) is 5.91 Å². The molecule has 3 fully saturated rings. The minimum atomic E-state index is -0.0338. The Bertz CT molecular complexity index is 727. The molecule has 1 atom stereocenters. The van der Waals surface area contributed by atoms with Crippen molar-refractivity contribution in [3.8, 4) is 0 Å². The summed E-state index contributed by atoms with van der Waals surface area (Å²) < 4.78 is 0. The fourth-order valence-electron chi connectivity index (χ4n) is 4.26. The standard InChI is InChI=1S/C21H31N5O2/c1-15(2)18-14-25(10-7-20(27)26(18)13-16-5-6-16)19-12-22-11-17(23-19)21(28)24-8-3-4-9-24/h11-12,15-16,18H,3-10,13-14H2,1-2H3/t18-/m1/s1. The SMILES string of the molecule is CC(C)[C@H]1CN(c2cncc(C(=O)N3CCCC3)n2)CCC(=O)N1CC1CC1. The van der Waals surface area contributed by atoms with Crippen LogP contribution in [0.3, 0.4) is 0 Å². The van der Waals surface area contributed by atoms with Crippen LogP contribution in [0, 0.1) is 11.8 Å². The van der Waals surface area contributed by atoms with E-state index >= 15 is 0 Å². The minimum absolute atomic E-state index is 0.0338. The van der Waals surface area contributed by atoms with E-state index in [1.807, 2.05) is 4.90 Å². The molecule has 152 valence electrons. The highest BCUT2D eigenvalue weighted by Gasteiger charge is 2.36. The summed E-state index contributed by atoms with van der Waals surface area (Å²) in [4.78, 5) is 40.6. The Morgan fingerprint density at radius 1 is 1.18 bits per heavy atom. The highest BCUT2D eigenvalue weighted by molar-refractivity contribution is 5.92. The van der Waals surface area contributed by atoms with Crippen LogP contribution in [0.1, 0.15) is 56.4 Å². The van der Waals surface area contributed by atoms with Gasteiger partial charge in [-0.3, -0.25) is 14.6 Å². The lowest BCUT2D eigenvalue weighted by molar-refractivity contribution is -0.133. The van der Waals surface area contributed by atoms with E-state index in [1.54, 1.807) is 12.4 Å².